The topological polar surface area (TPSA) is 8.81 Å². The zero-order valence-corrected chi connectivity index (χ0v) is 17.6. The lowest BCUT2D eigenvalue weighted by atomic mass is 10.1. The second-order valence-corrected chi connectivity index (χ2v) is 7.74. The van der Waals surface area contributed by atoms with E-state index in [1.54, 1.807) is 5.82 Å². The number of imidazole rings is 1. The summed E-state index contributed by atoms with van der Waals surface area (Å²) in [5.41, 5.74) is 0. The molecule has 0 saturated carbocycles. The van der Waals surface area contributed by atoms with Crippen LogP contribution in [0.5, 0.6) is 0 Å². The predicted molar refractivity (Wildman–Crippen MR) is 110 cm³/mol. The van der Waals surface area contributed by atoms with E-state index < -0.39 is 0 Å². The van der Waals surface area contributed by atoms with Crippen LogP contribution in [0.25, 0.3) is 0 Å². The van der Waals surface area contributed by atoms with Gasteiger partial charge in [0.05, 0.1) is 13.1 Å². The Kier molecular flexibility index (Phi) is 13.8. The van der Waals surface area contributed by atoms with Gasteiger partial charge in [0, 0.05) is 6.42 Å². The van der Waals surface area contributed by atoms with Crippen molar-refractivity contribution in [2.24, 2.45) is 0 Å². The summed E-state index contributed by atoms with van der Waals surface area (Å²) in [7, 11) is 0. The Hall–Kier alpha value is -0.790. The van der Waals surface area contributed by atoms with Gasteiger partial charge in [-0.15, -0.1) is 0 Å². The molecule has 0 N–H and O–H groups in total. The molecule has 2 nitrogen and oxygen atoms in total. The van der Waals surface area contributed by atoms with Crippen LogP contribution in [-0.2, 0) is 19.5 Å². The van der Waals surface area contributed by atoms with E-state index in [0.717, 1.165) is 0 Å². The summed E-state index contributed by atoms with van der Waals surface area (Å²) in [6.07, 6.45) is 25.2. The van der Waals surface area contributed by atoms with Crippen molar-refractivity contribution in [3.8, 4) is 0 Å². The molecule has 0 saturated heterocycles. The van der Waals surface area contributed by atoms with Crippen molar-refractivity contribution in [3.63, 3.8) is 0 Å². The van der Waals surface area contributed by atoms with Crippen LogP contribution in [0.2, 0.25) is 0 Å². The average molecular weight is 350 g/mol. The van der Waals surface area contributed by atoms with E-state index in [1.807, 2.05) is 0 Å². The molecule has 0 aromatic carbocycles. The van der Waals surface area contributed by atoms with Crippen molar-refractivity contribution < 1.29 is 4.57 Å². The molecule has 1 rings (SSSR count). The van der Waals surface area contributed by atoms with Gasteiger partial charge in [-0.1, -0.05) is 85.0 Å². The maximum Gasteiger partial charge on any atom is 0.256 e. The molecule has 0 aliphatic rings. The third-order valence-electron chi connectivity index (χ3n) is 5.35. The summed E-state index contributed by atoms with van der Waals surface area (Å²) in [5.74, 6) is 1.58. The van der Waals surface area contributed by atoms with Crippen LogP contribution in [0.1, 0.15) is 116 Å². The fraction of sp³-hybridized carbons (Fsp3) is 0.870. The summed E-state index contributed by atoms with van der Waals surface area (Å²) in [5, 5.41) is 0. The molecular formula is C23H45N2+. The molecule has 0 spiro atoms. The monoisotopic (exact) mass is 349 g/mol. The summed E-state index contributed by atoms with van der Waals surface area (Å²) >= 11 is 0. The van der Waals surface area contributed by atoms with Crippen LogP contribution in [-0.4, -0.2) is 4.57 Å². The fourth-order valence-corrected chi connectivity index (χ4v) is 3.65. The highest BCUT2D eigenvalue weighted by atomic mass is 15.1. The zero-order chi connectivity index (χ0) is 18.2. The minimum atomic E-state index is 1.20. The van der Waals surface area contributed by atoms with Gasteiger partial charge >= 0.3 is 0 Å². The lowest BCUT2D eigenvalue weighted by molar-refractivity contribution is -0.704. The maximum absolute atomic E-state index is 2.55. The van der Waals surface area contributed by atoms with Crippen molar-refractivity contribution in [2.45, 2.75) is 130 Å². The average Bonchev–Trinajstić information content (AvgIpc) is 3.01. The van der Waals surface area contributed by atoms with Gasteiger partial charge in [-0.2, -0.15) is 0 Å². The molecule has 0 aliphatic carbocycles. The van der Waals surface area contributed by atoms with Crippen LogP contribution in [0.4, 0.5) is 0 Å². The molecule has 25 heavy (non-hydrogen) atoms. The van der Waals surface area contributed by atoms with Crippen molar-refractivity contribution in [3.05, 3.63) is 18.2 Å². The van der Waals surface area contributed by atoms with Crippen LogP contribution in [0, 0.1) is 0 Å². The van der Waals surface area contributed by atoms with Gasteiger partial charge in [-0.3, -0.25) is 0 Å². The summed E-state index contributed by atoms with van der Waals surface area (Å²) < 4.78 is 5.09. The smallest absolute Gasteiger partial charge is 0.234 e. The normalized spacial score (nSPS) is 11.3. The molecule has 0 unspecified atom stereocenters. The molecule has 0 bridgehead atoms. The first-order chi connectivity index (χ1) is 12.3. The summed E-state index contributed by atoms with van der Waals surface area (Å²) in [6, 6.07) is 0. The summed E-state index contributed by atoms with van der Waals surface area (Å²) in [4.78, 5) is 0. The van der Waals surface area contributed by atoms with E-state index in [1.165, 1.54) is 109 Å². The van der Waals surface area contributed by atoms with Gasteiger partial charge in [-0.05, 0) is 25.7 Å². The number of hydrogen-bond donors (Lipinski definition) is 0. The minimum absolute atomic E-state index is 1.20. The number of hydrogen-bond acceptors (Lipinski definition) is 0. The molecule has 0 fully saturated rings. The van der Waals surface area contributed by atoms with Crippen LogP contribution < -0.4 is 4.57 Å². The van der Waals surface area contributed by atoms with E-state index in [9.17, 15) is 0 Å². The Bertz CT molecular complexity index is 408. The van der Waals surface area contributed by atoms with E-state index in [-0.39, 0.29) is 0 Å². The molecule has 1 aromatic rings. The second kappa shape index (κ2) is 15.5. The molecule has 1 aromatic heterocycles. The number of aryl methyl sites for hydroxylation is 2. The van der Waals surface area contributed by atoms with Gasteiger partial charge in [0.2, 0.25) is 0 Å². The second-order valence-electron chi connectivity index (χ2n) is 7.74. The first-order valence-electron chi connectivity index (χ1n) is 11.4. The largest absolute Gasteiger partial charge is 0.256 e. The zero-order valence-electron chi connectivity index (χ0n) is 17.6. The van der Waals surface area contributed by atoms with Gasteiger partial charge in [-0.25, -0.2) is 9.13 Å². The van der Waals surface area contributed by atoms with Crippen molar-refractivity contribution in [2.75, 3.05) is 0 Å². The van der Waals surface area contributed by atoms with Crippen molar-refractivity contribution in [1.29, 1.82) is 0 Å². The Labute approximate surface area is 158 Å². The predicted octanol–water partition coefficient (Wildman–Crippen LogP) is 6.84. The van der Waals surface area contributed by atoms with Gasteiger partial charge in [0.15, 0.2) is 0 Å². The van der Waals surface area contributed by atoms with E-state index >= 15 is 0 Å². The highest BCUT2D eigenvalue weighted by Gasteiger charge is 2.16. The fourth-order valence-electron chi connectivity index (χ4n) is 3.65. The first-order valence-corrected chi connectivity index (χ1v) is 11.4. The Morgan fingerprint density at radius 2 is 1.24 bits per heavy atom. The maximum atomic E-state index is 2.55. The SMILES string of the molecule is CCCCCCCCCc1n(CCCC)cc[n+]1CCCCCCC. The molecule has 0 atom stereocenters. The van der Waals surface area contributed by atoms with E-state index in [4.69, 9.17) is 0 Å². The first kappa shape index (κ1) is 22.3. The molecular weight excluding hydrogens is 304 g/mol. The molecule has 2 heteroatoms. The molecule has 0 aliphatic heterocycles. The number of unbranched alkanes of at least 4 members (excludes halogenated alkanes) is 11. The highest BCUT2D eigenvalue weighted by Crippen LogP contribution is 2.11. The molecule has 1 heterocycles. The molecule has 0 amide bonds. The standard InChI is InChI=1S/C23H45N2/c1-4-7-10-12-13-14-16-18-23-24(19-9-6-3)21-22-25(23)20-17-15-11-8-5-2/h21-22H,4-20H2,1-3H3/q+1. The third-order valence-corrected chi connectivity index (χ3v) is 5.35. The Balaban J connectivity index is 2.41. The van der Waals surface area contributed by atoms with Gasteiger partial charge in [0.1, 0.15) is 12.4 Å². The Morgan fingerprint density at radius 3 is 1.88 bits per heavy atom. The van der Waals surface area contributed by atoms with Crippen molar-refractivity contribution in [1.82, 2.24) is 4.57 Å². The quantitative estimate of drug-likeness (QED) is 0.215. The van der Waals surface area contributed by atoms with E-state index in [2.05, 4.69) is 42.3 Å². The summed E-state index contributed by atoms with van der Waals surface area (Å²) in [6.45, 7) is 9.30. The van der Waals surface area contributed by atoms with E-state index in [0.29, 0.717) is 0 Å². The number of rotatable bonds is 17. The van der Waals surface area contributed by atoms with Crippen LogP contribution in [0.15, 0.2) is 12.4 Å². The highest BCUT2D eigenvalue weighted by molar-refractivity contribution is 4.84. The van der Waals surface area contributed by atoms with Crippen molar-refractivity contribution >= 4 is 0 Å². The number of nitrogens with zero attached hydrogens (tertiary/aromatic N) is 2. The minimum Gasteiger partial charge on any atom is -0.234 e. The molecule has 0 radical (unpaired) electrons. The Morgan fingerprint density at radius 1 is 0.680 bits per heavy atom. The van der Waals surface area contributed by atoms with Gasteiger partial charge < -0.3 is 0 Å². The lowest BCUT2D eigenvalue weighted by Gasteiger charge is -2.06. The van der Waals surface area contributed by atoms with Crippen LogP contribution >= 0.6 is 0 Å². The van der Waals surface area contributed by atoms with Gasteiger partial charge in [0.25, 0.3) is 5.82 Å². The molecule has 146 valence electrons. The van der Waals surface area contributed by atoms with Crippen LogP contribution in [0.3, 0.4) is 0 Å². The number of aromatic nitrogens is 2. The lowest BCUT2D eigenvalue weighted by Crippen LogP contribution is -2.37. The third kappa shape index (κ3) is 10.1.